The fourth-order valence-corrected chi connectivity index (χ4v) is 3.60. The highest BCUT2D eigenvalue weighted by atomic mass is 16.2. The predicted octanol–water partition coefficient (Wildman–Crippen LogP) is 1.63. The van der Waals surface area contributed by atoms with Gasteiger partial charge in [0.25, 0.3) is 0 Å². The molecule has 0 bridgehead atoms. The highest BCUT2D eigenvalue weighted by Crippen LogP contribution is 2.34. The van der Waals surface area contributed by atoms with Crippen molar-refractivity contribution in [3.05, 3.63) is 41.7 Å². The number of hydrogen-bond donors (Lipinski definition) is 0. The van der Waals surface area contributed by atoms with Crippen LogP contribution in [0.15, 0.2) is 30.3 Å². The van der Waals surface area contributed by atoms with Gasteiger partial charge in [0.1, 0.15) is 0 Å². The summed E-state index contributed by atoms with van der Waals surface area (Å²) in [5.74, 6) is 1.14. The summed E-state index contributed by atoms with van der Waals surface area (Å²) in [6, 6.07) is 10.5. The summed E-state index contributed by atoms with van der Waals surface area (Å²) in [7, 11) is 0. The van der Waals surface area contributed by atoms with Crippen molar-refractivity contribution in [3.8, 4) is 0 Å². The summed E-state index contributed by atoms with van der Waals surface area (Å²) in [4.78, 5) is 17.4. The molecule has 1 aromatic carbocycles. The maximum atomic E-state index is 13.1. The van der Waals surface area contributed by atoms with Crippen LogP contribution in [-0.4, -0.2) is 62.1 Å². The molecule has 2 aromatic rings. The quantitative estimate of drug-likeness (QED) is 0.816. The summed E-state index contributed by atoms with van der Waals surface area (Å²) in [5.41, 5.74) is 0.565. The van der Waals surface area contributed by atoms with E-state index in [2.05, 4.69) is 20.4 Å². The van der Waals surface area contributed by atoms with E-state index in [0.29, 0.717) is 6.04 Å². The van der Waals surface area contributed by atoms with E-state index in [1.54, 1.807) is 0 Å². The van der Waals surface area contributed by atoms with Crippen molar-refractivity contribution in [1.29, 1.82) is 0 Å². The highest BCUT2D eigenvalue weighted by molar-refractivity contribution is 5.87. The third-order valence-corrected chi connectivity index (χ3v) is 5.51. The Hall–Kier alpha value is -2.28. The van der Waals surface area contributed by atoms with Crippen LogP contribution in [0.5, 0.6) is 0 Å². The molecule has 1 aromatic heterocycles. The SMILES string of the molecule is CC(C)(C(=O)N1CCN(Cc2nnnn2C2CC2)CC1)c1ccccc1. The van der Waals surface area contributed by atoms with Crippen LogP contribution in [-0.2, 0) is 16.8 Å². The van der Waals surface area contributed by atoms with E-state index in [-0.39, 0.29) is 5.91 Å². The Kier molecular flexibility index (Phi) is 4.48. The Labute approximate surface area is 154 Å². The van der Waals surface area contributed by atoms with E-state index in [1.807, 2.05) is 53.8 Å². The molecule has 1 saturated heterocycles. The third-order valence-electron chi connectivity index (χ3n) is 5.51. The van der Waals surface area contributed by atoms with Crippen LogP contribution in [0, 0.1) is 0 Å². The molecule has 7 nitrogen and oxygen atoms in total. The second-order valence-corrected chi connectivity index (χ2v) is 7.83. The fraction of sp³-hybridized carbons (Fsp3) is 0.579. The molecule has 0 atom stereocenters. The molecule has 2 heterocycles. The molecule has 2 fully saturated rings. The van der Waals surface area contributed by atoms with Crippen LogP contribution in [0.4, 0.5) is 0 Å². The van der Waals surface area contributed by atoms with E-state index in [0.717, 1.165) is 44.1 Å². The largest absolute Gasteiger partial charge is 0.339 e. The topological polar surface area (TPSA) is 67.2 Å². The van der Waals surface area contributed by atoms with Gasteiger partial charge in [-0.25, -0.2) is 4.68 Å². The number of amides is 1. The normalized spacial score (nSPS) is 18.9. The zero-order chi connectivity index (χ0) is 18.1. The van der Waals surface area contributed by atoms with Crippen LogP contribution in [0.3, 0.4) is 0 Å². The van der Waals surface area contributed by atoms with Gasteiger partial charge < -0.3 is 4.90 Å². The van der Waals surface area contributed by atoms with Crippen molar-refractivity contribution >= 4 is 5.91 Å². The van der Waals surface area contributed by atoms with Crippen molar-refractivity contribution in [2.45, 2.75) is 44.7 Å². The lowest BCUT2D eigenvalue weighted by atomic mass is 9.83. The van der Waals surface area contributed by atoms with Gasteiger partial charge in [0.05, 0.1) is 18.0 Å². The number of hydrogen-bond acceptors (Lipinski definition) is 5. The molecule has 0 spiro atoms. The molecule has 0 radical (unpaired) electrons. The van der Waals surface area contributed by atoms with Crippen molar-refractivity contribution in [2.24, 2.45) is 0 Å². The molecule has 0 N–H and O–H groups in total. The van der Waals surface area contributed by atoms with E-state index in [4.69, 9.17) is 0 Å². The summed E-state index contributed by atoms with van der Waals surface area (Å²) >= 11 is 0. The third kappa shape index (κ3) is 3.35. The lowest BCUT2D eigenvalue weighted by Gasteiger charge is -2.38. The number of carbonyl (C=O) groups is 1. The Morgan fingerprint density at radius 2 is 1.81 bits per heavy atom. The molecular formula is C19H26N6O. The zero-order valence-corrected chi connectivity index (χ0v) is 15.5. The molecule has 138 valence electrons. The van der Waals surface area contributed by atoms with Crippen molar-refractivity contribution < 1.29 is 4.79 Å². The minimum Gasteiger partial charge on any atom is -0.339 e. The molecule has 1 amide bonds. The van der Waals surface area contributed by atoms with E-state index >= 15 is 0 Å². The van der Waals surface area contributed by atoms with Crippen molar-refractivity contribution in [3.63, 3.8) is 0 Å². The monoisotopic (exact) mass is 354 g/mol. The lowest BCUT2D eigenvalue weighted by molar-refractivity contribution is -0.138. The minimum absolute atomic E-state index is 0.200. The Balaban J connectivity index is 1.36. The van der Waals surface area contributed by atoms with Crippen LogP contribution in [0.25, 0.3) is 0 Å². The van der Waals surface area contributed by atoms with Gasteiger partial charge in [-0.05, 0) is 42.7 Å². The number of aromatic nitrogens is 4. The summed E-state index contributed by atoms with van der Waals surface area (Å²) in [6.07, 6.45) is 2.35. The molecule has 26 heavy (non-hydrogen) atoms. The predicted molar refractivity (Wildman–Crippen MR) is 97.4 cm³/mol. The summed E-state index contributed by atoms with van der Waals surface area (Å²) in [5, 5.41) is 12.1. The maximum Gasteiger partial charge on any atom is 0.232 e. The highest BCUT2D eigenvalue weighted by Gasteiger charge is 2.35. The molecule has 2 aliphatic rings. The second kappa shape index (κ2) is 6.79. The first kappa shape index (κ1) is 17.1. The summed E-state index contributed by atoms with van der Waals surface area (Å²) < 4.78 is 1.97. The molecular weight excluding hydrogens is 328 g/mol. The standard InChI is InChI=1S/C19H26N6O/c1-19(2,15-6-4-3-5-7-15)18(26)24-12-10-23(11-13-24)14-17-20-21-22-25(17)16-8-9-16/h3-7,16H,8-14H2,1-2H3. The molecule has 1 aliphatic carbocycles. The smallest absolute Gasteiger partial charge is 0.232 e. The second-order valence-electron chi connectivity index (χ2n) is 7.83. The van der Waals surface area contributed by atoms with E-state index < -0.39 is 5.41 Å². The average Bonchev–Trinajstić information content (AvgIpc) is 3.42. The van der Waals surface area contributed by atoms with Gasteiger partial charge in [-0.15, -0.1) is 5.10 Å². The van der Waals surface area contributed by atoms with Gasteiger partial charge in [0.2, 0.25) is 5.91 Å². The number of nitrogens with zero attached hydrogens (tertiary/aromatic N) is 6. The lowest BCUT2D eigenvalue weighted by Crippen LogP contribution is -2.53. The van der Waals surface area contributed by atoms with Crippen molar-refractivity contribution in [2.75, 3.05) is 26.2 Å². The number of carbonyl (C=O) groups excluding carboxylic acids is 1. The van der Waals surface area contributed by atoms with Gasteiger partial charge in [0.15, 0.2) is 5.82 Å². The Bertz CT molecular complexity index is 759. The van der Waals surface area contributed by atoms with E-state index in [1.165, 1.54) is 12.8 Å². The number of rotatable bonds is 5. The van der Waals surface area contributed by atoms with Crippen LogP contribution in [0.1, 0.15) is 44.1 Å². The van der Waals surface area contributed by atoms with Crippen LogP contribution >= 0.6 is 0 Å². The minimum atomic E-state index is -0.500. The van der Waals surface area contributed by atoms with Gasteiger partial charge in [-0.1, -0.05) is 30.3 Å². The van der Waals surface area contributed by atoms with Crippen LogP contribution < -0.4 is 0 Å². The van der Waals surface area contributed by atoms with Gasteiger partial charge >= 0.3 is 0 Å². The first-order valence-electron chi connectivity index (χ1n) is 9.40. The van der Waals surface area contributed by atoms with Gasteiger partial charge in [-0.2, -0.15) is 0 Å². The number of tetrazole rings is 1. The van der Waals surface area contributed by atoms with Crippen molar-refractivity contribution in [1.82, 2.24) is 30.0 Å². The van der Waals surface area contributed by atoms with Crippen LogP contribution in [0.2, 0.25) is 0 Å². The summed E-state index contributed by atoms with van der Waals surface area (Å²) in [6.45, 7) is 8.00. The molecule has 1 aliphatic heterocycles. The molecule has 7 heteroatoms. The Morgan fingerprint density at radius 1 is 1.12 bits per heavy atom. The molecule has 1 saturated carbocycles. The first-order chi connectivity index (χ1) is 12.6. The average molecular weight is 354 g/mol. The van der Waals surface area contributed by atoms with Gasteiger partial charge in [0, 0.05) is 26.2 Å². The number of benzene rings is 1. The van der Waals surface area contributed by atoms with Gasteiger partial charge in [-0.3, -0.25) is 9.69 Å². The molecule has 4 rings (SSSR count). The zero-order valence-electron chi connectivity index (χ0n) is 15.5. The maximum absolute atomic E-state index is 13.1. The number of piperazine rings is 1. The Morgan fingerprint density at radius 3 is 2.46 bits per heavy atom. The molecule has 0 unspecified atom stereocenters. The first-order valence-corrected chi connectivity index (χ1v) is 9.40. The fourth-order valence-electron chi connectivity index (χ4n) is 3.60. The van der Waals surface area contributed by atoms with E-state index in [9.17, 15) is 4.79 Å².